The van der Waals surface area contributed by atoms with Gasteiger partial charge in [-0.25, -0.2) is 10.2 Å². The van der Waals surface area contributed by atoms with E-state index in [1.165, 1.54) is 0 Å². The topological polar surface area (TPSA) is 85.9 Å². The number of rotatable bonds is 5. The van der Waals surface area contributed by atoms with Gasteiger partial charge < -0.3 is 15.2 Å². The second kappa shape index (κ2) is 6.48. The Morgan fingerprint density at radius 2 is 2.11 bits per heavy atom. The Labute approximate surface area is 106 Å². The van der Waals surface area contributed by atoms with Crippen molar-refractivity contribution in [2.45, 2.75) is 13.3 Å². The first-order valence-corrected chi connectivity index (χ1v) is 5.47. The summed E-state index contributed by atoms with van der Waals surface area (Å²) >= 11 is 0. The third kappa shape index (κ3) is 3.13. The van der Waals surface area contributed by atoms with E-state index >= 15 is 0 Å². The second-order valence-corrected chi connectivity index (χ2v) is 3.43. The van der Waals surface area contributed by atoms with Crippen molar-refractivity contribution < 1.29 is 14.3 Å². The summed E-state index contributed by atoms with van der Waals surface area (Å²) in [5.41, 5.74) is 8.62. The lowest BCUT2D eigenvalue weighted by atomic mass is 10.1. The number of benzene rings is 1. The smallest absolute Gasteiger partial charge is 0.332 e. The van der Waals surface area contributed by atoms with Crippen LogP contribution in [0, 0.1) is 0 Å². The van der Waals surface area contributed by atoms with Crippen molar-refractivity contribution >= 4 is 11.7 Å². The van der Waals surface area contributed by atoms with Crippen molar-refractivity contribution in [3.63, 3.8) is 0 Å². The number of para-hydroxylation sites is 1. The van der Waals surface area contributed by atoms with Gasteiger partial charge in [-0.3, -0.25) is 0 Å². The molecular formula is C12H17N3O3. The Hall–Kier alpha value is -2.24. The van der Waals surface area contributed by atoms with Crippen molar-refractivity contribution in [3.05, 3.63) is 23.8 Å². The van der Waals surface area contributed by atoms with Gasteiger partial charge in [0.05, 0.1) is 19.9 Å². The first-order chi connectivity index (χ1) is 8.63. The molecule has 0 fully saturated rings. The number of nitrogens with one attached hydrogen (secondary N) is 1. The third-order valence-electron chi connectivity index (χ3n) is 2.35. The molecule has 18 heavy (non-hydrogen) atoms. The molecule has 0 aliphatic heterocycles. The van der Waals surface area contributed by atoms with Crippen LogP contribution in [0.25, 0.3) is 0 Å². The van der Waals surface area contributed by atoms with Crippen LogP contribution in [0.3, 0.4) is 0 Å². The fraction of sp³-hybridized carbons (Fsp3) is 0.333. The van der Waals surface area contributed by atoms with Gasteiger partial charge in [0.1, 0.15) is 0 Å². The number of nitrogens with two attached hydrogens (primary N) is 1. The maximum Gasteiger partial charge on any atom is 0.332 e. The number of hydrazone groups is 1. The Bertz CT molecular complexity index is 458. The monoisotopic (exact) mass is 251 g/mol. The molecule has 0 atom stereocenters. The van der Waals surface area contributed by atoms with Gasteiger partial charge in [-0.2, -0.15) is 5.10 Å². The minimum atomic E-state index is -0.706. The summed E-state index contributed by atoms with van der Waals surface area (Å²) in [6.45, 7) is 1.92. The van der Waals surface area contributed by atoms with Crippen LogP contribution in [-0.4, -0.2) is 26.0 Å². The van der Waals surface area contributed by atoms with Crippen LogP contribution >= 0.6 is 0 Å². The van der Waals surface area contributed by atoms with Crippen LogP contribution < -0.4 is 20.6 Å². The molecule has 98 valence electrons. The summed E-state index contributed by atoms with van der Waals surface area (Å²) in [5, 5.41) is 3.95. The van der Waals surface area contributed by atoms with Gasteiger partial charge in [-0.15, -0.1) is 0 Å². The molecule has 0 aromatic heterocycles. The number of hydrogen-bond donors (Lipinski definition) is 2. The molecular weight excluding hydrogens is 234 g/mol. The minimum absolute atomic E-state index is 0.576. The first kappa shape index (κ1) is 13.8. The Morgan fingerprint density at radius 3 is 2.61 bits per heavy atom. The molecule has 0 saturated heterocycles. The van der Waals surface area contributed by atoms with E-state index < -0.39 is 6.03 Å². The predicted molar refractivity (Wildman–Crippen MR) is 69.1 cm³/mol. The molecule has 0 aliphatic carbocycles. The van der Waals surface area contributed by atoms with Crippen molar-refractivity contribution in [3.8, 4) is 11.5 Å². The number of ether oxygens (including phenoxy) is 2. The summed E-state index contributed by atoms with van der Waals surface area (Å²) in [6.07, 6.45) is 0.615. The molecule has 0 radical (unpaired) electrons. The second-order valence-electron chi connectivity index (χ2n) is 3.43. The van der Waals surface area contributed by atoms with E-state index in [9.17, 15) is 4.79 Å². The van der Waals surface area contributed by atoms with E-state index in [2.05, 4.69) is 10.5 Å². The van der Waals surface area contributed by atoms with E-state index in [1.54, 1.807) is 20.3 Å². The zero-order valence-electron chi connectivity index (χ0n) is 10.7. The average Bonchev–Trinajstić information content (AvgIpc) is 2.38. The quantitative estimate of drug-likeness (QED) is 0.614. The summed E-state index contributed by atoms with van der Waals surface area (Å²) in [4.78, 5) is 10.7. The number of primary amides is 1. The number of hydrogen-bond acceptors (Lipinski definition) is 4. The van der Waals surface area contributed by atoms with Gasteiger partial charge in [-0.1, -0.05) is 13.0 Å². The molecule has 0 saturated carbocycles. The minimum Gasteiger partial charge on any atom is -0.493 e. The predicted octanol–water partition coefficient (Wildman–Crippen LogP) is 1.49. The Morgan fingerprint density at radius 1 is 1.39 bits per heavy atom. The molecule has 0 aliphatic rings. The van der Waals surface area contributed by atoms with E-state index in [0.29, 0.717) is 23.6 Å². The van der Waals surface area contributed by atoms with Gasteiger partial charge in [0, 0.05) is 5.56 Å². The van der Waals surface area contributed by atoms with Gasteiger partial charge in [0.25, 0.3) is 0 Å². The fourth-order valence-corrected chi connectivity index (χ4v) is 1.57. The molecule has 0 heterocycles. The van der Waals surface area contributed by atoms with E-state index in [1.807, 2.05) is 19.1 Å². The van der Waals surface area contributed by atoms with Crippen molar-refractivity contribution in [1.29, 1.82) is 0 Å². The van der Waals surface area contributed by atoms with Crippen LogP contribution in [0.2, 0.25) is 0 Å². The lowest BCUT2D eigenvalue weighted by molar-refractivity contribution is 0.249. The molecule has 0 bridgehead atoms. The summed E-state index contributed by atoms with van der Waals surface area (Å²) < 4.78 is 10.5. The molecule has 3 N–H and O–H groups in total. The lowest BCUT2D eigenvalue weighted by Gasteiger charge is -2.13. The van der Waals surface area contributed by atoms with Gasteiger partial charge in [0.2, 0.25) is 0 Å². The van der Waals surface area contributed by atoms with E-state index in [4.69, 9.17) is 15.2 Å². The average molecular weight is 251 g/mol. The SMILES string of the molecule is CC/C(=N/NC(N)=O)c1cccc(OC)c1OC. The highest BCUT2D eigenvalue weighted by atomic mass is 16.5. The van der Waals surface area contributed by atoms with Crippen LogP contribution in [0.5, 0.6) is 11.5 Å². The van der Waals surface area contributed by atoms with Gasteiger partial charge in [-0.05, 0) is 18.6 Å². The molecule has 1 rings (SSSR count). The maximum atomic E-state index is 10.7. The third-order valence-corrected chi connectivity index (χ3v) is 2.35. The number of methoxy groups -OCH3 is 2. The van der Waals surface area contributed by atoms with Crippen LogP contribution in [0.4, 0.5) is 4.79 Å². The summed E-state index contributed by atoms with van der Waals surface area (Å²) in [5.74, 6) is 1.18. The summed E-state index contributed by atoms with van der Waals surface area (Å²) in [6, 6.07) is 4.75. The zero-order chi connectivity index (χ0) is 13.5. The highest BCUT2D eigenvalue weighted by molar-refractivity contribution is 6.03. The van der Waals surface area contributed by atoms with Crippen molar-refractivity contribution in [1.82, 2.24) is 5.43 Å². The lowest BCUT2D eigenvalue weighted by Crippen LogP contribution is -2.26. The first-order valence-electron chi connectivity index (χ1n) is 5.47. The van der Waals surface area contributed by atoms with Crippen molar-refractivity contribution in [2.75, 3.05) is 14.2 Å². The molecule has 2 amide bonds. The summed E-state index contributed by atoms with van der Waals surface area (Å²) in [7, 11) is 3.11. The standard InChI is InChI=1S/C12H17N3O3/c1-4-9(14-15-12(13)16)8-6-5-7-10(17-2)11(8)18-3/h5-7H,4H2,1-3H3,(H3,13,15,16)/b14-9-. The molecule has 6 nitrogen and oxygen atoms in total. The molecule has 0 spiro atoms. The van der Waals surface area contributed by atoms with Gasteiger partial charge >= 0.3 is 6.03 Å². The highest BCUT2D eigenvalue weighted by Crippen LogP contribution is 2.31. The van der Waals surface area contributed by atoms with Crippen molar-refractivity contribution in [2.24, 2.45) is 10.8 Å². The molecule has 1 aromatic carbocycles. The Balaban J connectivity index is 3.20. The number of carbonyl (C=O) groups excluding carboxylic acids is 1. The fourth-order valence-electron chi connectivity index (χ4n) is 1.57. The van der Waals surface area contributed by atoms with E-state index in [-0.39, 0.29) is 0 Å². The highest BCUT2D eigenvalue weighted by Gasteiger charge is 2.13. The van der Waals surface area contributed by atoms with Crippen LogP contribution in [0.15, 0.2) is 23.3 Å². The molecule has 0 unspecified atom stereocenters. The van der Waals surface area contributed by atoms with Gasteiger partial charge in [0.15, 0.2) is 11.5 Å². The largest absolute Gasteiger partial charge is 0.493 e. The number of carbonyl (C=O) groups is 1. The number of urea groups is 1. The number of amides is 2. The zero-order valence-corrected chi connectivity index (χ0v) is 10.7. The maximum absolute atomic E-state index is 10.7. The van der Waals surface area contributed by atoms with E-state index in [0.717, 1.165) is 5.56 Å². The normalized spacial score (nSPS) is 10.9. The molecule has 6 heteroatoms. The van der Waals surface area contributed by atoms with Crippen LogP contribution in [0.1, 0.15) is 18.9 Å². The Kier molecular flexibility index (Phi) is 4.98. The number of nitrogens with zero attached hydrogens (tertiary/aromatic N) is 1. The van der Waals surface area contributed by atoms with Crippen LogP contribution in [-0.2, 0) is 0 Å². The molecule has 1 aromatic rings.